The second-order valence-corrected chi connectivity index (χ2v) is 6.49. The highest BCUT2D eigenvalue weighted by Crippen LogP contribution is 2.43. The lowest BCUT2D eigenvalue weighted by Gasteiger charge is -2.17. The van der Waals surface area contributed by atoms with E-state index in [-0.39, 0.29) is 5.91 Å². The summed E-state index contributed by atoms with van der Waals surface area (Å²) in [7, 11) is -1.52. The van der Waals surface area contributed by atoms with Gasteiger partial charge in [-0.3, -0.25) is 4.79 Å². The Labute approximate surface area is 153 Å². The van der Waals surface area contributed by atoms with Gasteiger partial charge in [0.25, 0.3) is 0 Å². The zero-order valence-electron chi connectivity index (χ0n) is 14.2. The molecule has 0 saturated carbocycles. The number of amides is 1. The fourth-order valence-electron chi connectivity index (χ4n) is 2.13. The lowest BCUT2D eigenvalue weighted by atomic mass is 10.3. The number of benzene rings is 2. The first kappa shape index (κ1) is 17.8. The Bertz CT molecular complexity index is 807. The van der Waals surface area contributed by atoms with E-state index in [9.17, 15) is 4.79 Å². The lowest BCUT2D eigenvalue weighted by Crippen LogP contribution is -2.18. The van der Waals surface area contributed by atoms with Crippen molar-refractivity contribution in [1.29, 1.82) is 0 Å². The summed E-state index contributed by atoms with van der Waals surface area (Å²) in [5, 5.41) is 2.77. The normalized spacial score (nSPS) is 11.2. The average molecular weight is 367 g/mol. The van der Waals surface area contributed by atoms with E-state index >= 15 is 0 Å². The minimum atomic E-state index is -1.52. The minimum absolute atomic E-state index is 0.206. The number of rotatable bonds is 7. The predicted molar refractivity (Wildman–Crippen MR) is 102 cm³/mol. The van der Waals surface area contributed by atoms with Crippen LogP contribution >= 0.6 is 8.38 Å². The molecular weight excluding hydrogens is 349 g/mol. The van der Waals surface area contributed by atoms with Crippen LogP contribution in [-0.2, 0) is 4.79 Å². The zero-order chi connectivity index (χ0) is 18.2. The summed E-state index contributed by atoms with van der Waals surface area (Å²) in [6, 6.07) is 22.3. The maximum Gasteiger partial charge on any atom is 0.320 e. The van der Waals surface area contributed by atoms with Crippen molar-refractivity contribution in [1.82, 2.24) is 5.32 Å². The molecule has 0 bridgehead atoms. The number of hydrogen-bond acceptors (Lipinski definition) is 4. The van der Waals surface area contributed by atoms with Gasteiger partial charge in [0.15, 0.2) is 0 Å². The van der Waals surface area contributed by atoms with Gasteiger partial charge in [-0.15, -0.1) is 0 Å². The van der Waals surface area contributed by atoms with Crippen LogP contribution < -0.4 is 14.4 Å². The molecule has 1 heterocycles. The van der Waals surface area contributed by atoms with Crippen molar-refractivity contribution in [2.24, 2.45) is 0 Å². The smallest absolute Gasteiger partial charge is 0.320 e. The van der Waals surface area contributed by atoms with Crippen molar-refractivity contribution in [2.45, 2.75) is 6.92 Å². The molecule has 3 rings (SSSR count). The van der Waals surface area contributed by atoms with Crippen molar-refractivity contribution in [3.05, 3.63) is 90.6 Å². The Balaban J connectivity index is 1.90. The van der Waals surface area contributed by atoms with E-state index in [1.165, 1.54) is 6.92 Å². The third kappa shape index (κ3) is 5.23. The number of para-hydroxylation sites is 2. The second kappa shape index (κ2) is 8.88. The topological polar surface area (TPSA) is 60.7 Å². The van der Waals surface area contributed by atoms with Crippen LogP contribution in [-0.4, -0.2) is 5.91 Å². The van der Waals surface area contributed by atoms with Crippen molar-refractivity contribution >= 4 is 20.0 Å². The van der Waals surface area contributed by atoms with Crippen LogP contribution in [0.15, 0.2) is 89.3 Å². The second-order valence-electron chi connectivity index (χ2n) is 5.30. The Morgan fingerprint density at radius 2 is 1.50 bits per heavy atom. The summed E-state index contributed by atoms with van der Waals surface area (Å²) >= 11 is 0. The van der Waals surface area contributed by atoms with E-state index in [0.29, 0.717) is 23.0 Å². The average Bonchev–Trinajstić information content (AvgIpc) is 3.17. The summed E-state index contributed by atoms with van der Waals surface area (Å²) in [6.45, 7) is 1.44. The van der Waals surface area contributed by atoms with E-state index < -0.39 is 8.38 Å². The molecule has 6 heteroatoms. The molecule has 1 aromatic heterocycles. The largest absolute Gasteiger partial charge is 0.463 e. The van der Waals surface area contributed by atoms with Crippen LogP contribution in [0.2, 0.25) is 0 Å². The Hall–Kier alpha value is -3.04. The van der Waals surface area contributed by atoms with E-state index in [1.807, 2.05) is 60.7 Å². The third-order valence-electron chi connectivity index (χ3n) is 3.21. The van der Waals surface area contributed by atoms with Crippen molar-refractivity contribution < 1.29 is 18.3 Å². The molecule has 0 spiro atoms. The molecule has 0 unspecified atom stereocenters. The molecule has 0 saturated heterocycles. The van der Waals surface area contributed by atoms with Gasteiger partial charge in [-0.2, -0.15) is 0 Å². The summed E-state index contributed by atoms with van der Waals surface area (Å²) in [5.41, 5.74) is 0.500. The molecular formula is C20H18NO4P. The van der Waals surface area contributed by atoms with Crippen LogP contribution in [0.5, 0.6) is 11.5 Å². The van der Waals surface area contributed by atoms with Crippen LogP contribution in [0.4, 0.5) is 0 Å². The summed E-state index contributed by atoms with van der Waals surface area (Å²) < 4.78 is 17.4. The van der Waals surface area contributed by atoms with Gasteiger partial charge in [0, 0.05) is 12.7 Å². The molecule has 0 atom stereocenters. The summed E-state index contributed by atoms with van der Waals surface area (Å²) in [4.78, 5) is 11.6. The van der Waals surface area contributed by atoms with Crippen LogP contribution in [0.3, 0.4) is 0 Å². The highest BCUT2D eigenvalue weighted by Gasteiger charge is 2.17. The molecule has 1 N–H and O–H groups in total. The van der Waals surface area contributed by atoms with Gasteiger partial charge in [-0.05, 0) is 36.4 Å². The monoisotopic (exact) mass is 367 g/mol. The Morgan fingerprint density at radius 3 is 1.96 bits per heavy atom. The molecule has 0 fully saturated rings. The standard InChI is InChI=1S/C20H18NO4P/c1-16(22)21-19(20-13-8-14-23-20)15-26(24-17-9-4-2-5-10-17)25-18-11-6-3-7-12-18/h2-15H,1H3,(H,21,22). The van der Waals surface area contributed by atoms with E-state index in [1.54, 1.807) is 24.2 Å². The molecule has 0 aliphatic heterocycles. The first-order chi connectivity index (χ1) is 12.7. The van der Waals surface area contributed by atoms with Crippen LogP contribution in [0.25, 0.3) is 5.70 Å². The fourth-order valence-corrected chi connectivity index (χ4v) is 3.33. The first-order valence-electron chi connectivity index (χ1n) is 7.99. The molecule has 5 nitrogen and oxygen atoms in total. The number of nitrogens with one attached hydrogen (secondary N) is 1. The molecule has 0 radical (unpaired) electrons. The first-order valence-corrected chi connectivity index (χ1v) is 9.24. The number of carbonyl (C=O) groups excluding carboxylic acids is 1. The number of hydrogen-bond donors (Lipinski definition) is 1. The molecule has 3 aromatic rings. The van der Waals surface area contributed by atoms with Crippen molar-refractivity contribution in [3.8, 4) is 11.5 Å². The molecule has 132 valence electrons. The van der Waals surface area contributed by atoms with E-state index in [0.717, 1.165) is 0 Å². The van der Waals surface area contributed by atoms with Gasteiger partial charge < -0.3 is 18.8 Å². The van der Waals surface area contributed by atoms with Gasteiger partial charge in [-0.25, -0.2) is 0 Å². The van der Waals surface area contributed by atoms with Crippen molar-refractivity contribution in [3.63, 3.8) is 0 Å². The summed E-state index contributed by atoms with van der Waals surface area (Å²) in [5.74, 6) is 3.40. The predicted octanol–water partition coefficient (Wildman–Crippen LogP) is 5.18. The molecule has 0 aliphatic carbocycles. The molecule has 1 amide bonds. The highest BCUT2D eigenvalue weighted by atomic mass is 31.2. The maximum atomic E-state index is 11.6. The van der Waals surface area contributed by atoms with E-state index in [2.05, 4.69) is 5.32 Å². The van der Waals surface area contributed by atoms with Gasteiger partial charge in [0.1, 0.15) is 17.3 Å². The quantitative estimate of drug-likeness (QED) is 0.584. The Morgan fingerprint density at radius 1 is 0.923 bits per heavy atom. The molecule has 2 aromatic carbocycles. The lowest BCUT2D eigenvalue weighted by molar-refractivity contribution is -0.117. The van der Waals surface area contributed by atoms with Crippen molar-refractivity contribution in [2.75, 3.05) is 0 Å². The van der Waals surface area contributed by atoms with Gasteiger partial charge in [0.2, 0.25) is 5.91 Å². The van der Waals surface area contributed by atoms with Gasteiger partial charge in [0.05, 0.1) is 12.0 Å². The van der Waals surface area contributed by atoms with E-state index in [4.69, 9.17) is 13.5 Å². The number of furan rings is 1. The molecule has 26 heavy (non-hydrogen) atoms. The van der Waals surface area contributed by atoms with Crippen LogP contribution in [0.1, 0.15) is 12.7 Å². The SMILES string of the molecule is CC(=O)NC(=CP(Oc1ccccc1)Oc1ccccc1)c1ccco1. The summed E-state index contributed by atoms with van der Waals surface area (Å²) in [6.07, 6.45) is 1.55. The van der Waals surface area contributed by atoms with Gasteiger partial charge in [-0.1, -0.05) is 36.4 Å². The number of carbonyl (C=O) groups is 1. The zero-order valence-corrected chi connectivity index (χ0v) is 15.1. The Kier molecular flexibility index (Phi) is 6.07. The maximum absolute atomic E-state index is 11.6. The molecule has 0 aliphatic rings. The van der Waals surface area contributed by atoms with Crippen LogP contribution in [0, 0.1) is 0 Å². The minimum Gasteiger partial charge on any atom is -0.463 e. The highest BCUT2D eigenvalue weighted by molar-refractivity contribution is 7.51. The van der Waals surface area contributed by atoms with Gasteiger partial charge >= 0.3 is 8.38 Å². The fraction of sp³-hybridized carbons (Fsp3) is 0.0500. The third-order valence-corrected chi connectivity index (χ3v) is 4.46.